The van der Waals surface area contributed by atoms with Gasteiger partial charge in [-0.3, -0.25) is 9.59 Å². The van der Waals surface area contributed by atoms with Gasteiger partial charge in [-0.25, -0.2) is 0 Å². The van der Waals surface area contributed by atoms with Crippen LogP contribution < -0.4 is 0 Å². The van der Waals surface area contributed by atoms with E-state index in [1.165, 1.54) is 0 Å². The van der Waals surface area contributed by atoms with Gasteiger partial charge in [-0.15, -0.1) is 0 Å². The van der Waals surface area contributed by atoms with Gasteiger partial charge in [-0.1, -0.05) is 37.3 Å². The van der Waals surface area contributed by atoms with Crippen molar-refractivity contribution < 1.29 is 14.3 Å². The minimum Gasteiger partial charge on any atom is -0.465 e. The predicted octanol–water partition coefficient (Wildman–Crippen LogP) is 2.23. The summed E-state index contributed by atoms with van der Waals surface area (Å²) in [7, 11) is 0. The molecule has 1 aliphatic rings. The lowest BCUT2D eigenvalue weighted by atomic mass is 10.2. The van der Waals surface area contributed by atoms with Gasteiger partial charge in [-0.05, 0) is 24.8 Å². The molecule has 4 heteroatoms. The lowest BCUT2D eigenvalue weighted by molar-refractivity contribution is -0.149. The molecule has 0 saturated heterocycles. The zero-order valence-electron chi connectivity index (χ0n) is 12.0. The second-order valence-corrected chi connectivity index (χ2v) is 5.30. The van der Waals surface area contributed by atoms with E-state index in [-0.39, 0.29) is 24.3 Å². The monoisotopic (exact) mass is 275 g/mol. The van der Waals surface area contributed by atoms with Gasteiger partial charge >= 0.3 is 5.97 Å². The largest absolute Gasteiger partial charge is 0.465 e. The van der Waals surface area contributed by atoms with Crippen molar-refractivity contribution in [3.05, 3.63) is 35.9 Å². The van der Waals surface area contributed by atoms with Gasteiger partial charge in [0.1, 0.15) is 6.54 Å². The second-order valence-electron chi connectivity index (χ2n) is 5.30. The van der Waals surface area contributed by atoms with Crippen LogP contribution in [-0.2, 0) is 20.9 Å². The molecule has 2 rings (SSSR count). The molecule has 0 N–H and O–H groups in total. The Labute approximate surface area is 119 Å². The highest BCUT2D eigenvalue weighted by atomic mass is 16.5. The molecule has 2 unspecified atom stereocenters. The van der Waals surface area contributed by atoms with Crippen molar-refractivity contribution >= 4 is 11.9 Å². The van der Waals surface area contributed by atoms with Crippen molar-refractivity contribution in [3.63, 3.8) is 0 Å². The van der Waals surface area contributed by atoms with Crippen LogP contribution in [0.2, 0.25) is 0 Å². The van der Waals surface area contributed by atoms with E-state index in [1.807, 2.05) is 30.3 Å². The second kappa shape index (κ2) is 6.55. The Kier molecular flexibility index (Phi) is 4.77. The van der Waals surface area contributed by atoms with Crippen molar-refractivity contribution in [3.8, 4) is 0 Å². The molecule has 1 aromatic rings. The summed E-state index contributed by atoms with van der Waals surface area (Å²) < 4.78 is 4.95. The first-order valence-corrected chi connectivity index (χ1v) is 7.10. The van der Waals surface area contributed by atoms with E-state index in [9.17, 15) is 9.59 Å². The Morgan fingerprint density at radius 1 is 1.30 bits per heavy atom. The number of esters is 1. The van der Waals surface area contributed by atoms with Crippen LogP contribution in [0, 0.1) is 11.8 Å². The topological polar surface area (TPSA) is 46.6 Å². The Hall–Kier alpha value is -1.84. The summed E-state index contributed by atoms with van der Waals surface area (Å²) in [6.07, 6.45) is 0.924. The van der Waals surface area contributed by atoms with Crippen LogP contribution in [0.4, 0.5) is 0 Å². The maximum absolute atomic E-state index is 12.4. The highest BCUT2D eigenvalue weighted by Crippen LogP contribution is 2.39. The van der Waals surface area contributed by atoms with Crippen LogP contribution in [0.15, 0.2) is 30.3 Å². The fourth-order valence-corrected chi connectivity index (χ4v) is 2.28. The van der Waals surface area contributed by atoms with Gasteiger partial charge in [0, 0.05) is 12.5 Å². The quantitative estimate of drug-likeness (QED) is 0.748. The molecule has 4 nitrogen and oxygen atoms in total. The summed E-state index contributed by atoms with van der Waals surface area (Å²) in [4.78, 5) is 25.6. The zero-order valence-corrected chi connectivity index (χ0v) is 12.0. The first-order valence-electron chi connectivity index (χ1n) is 7.10. The van der Waals surface area contributed by atoms with Gasteiger partial charge in [0.05, 0.1) is 6.61 Å². The lowest BCUT2D eigenvalue weighted by Gasteiger charge is -2.22. The van der Waals surface area contributed by atoms with Crippen molar-refractivity contribution in [2.45, 2.75) is 26.8 Å². The number of benzene rings is 1. The highest BCUT2D eigenvalue weighted by molar-refractivity contribution is 5.85. The van der Waals surface area contributed by atoms with Crippen molar-refractivity contribution in [2.75, 3.05) is 13.2 Å². The fraction of sp³-hybridized carbons (Fsp3) is 0.500. The van der Waals surface area contributed by atoms with E-state index in [1.54, 1.807) is 11.8 Å². The van der Waals surface area contributed by atoms with Crippen LogP contribution in [0.3, 0.4) is 0 Å². The fourth-order valence-electron chi connectivity index (χ4n) is 2.28. The highest BCUT2D eigenvalue weighted by Gasteiger charge is 2.41. The number of carbonyl (C=O) groups excluding carboxylic acids is 2. The van der Waals surface area contributed by atoms with Gasteiger partial charge in [0.25, 0.3) is 0 Å². The number of carbonyl (C=O) groups is 2. The van der Waals surface area contributed by atoms with Gasteiger partial charge in [0.15, 0.2) is 0 Å². The molecule has 0 aliphatic heterocycles. The van der Waals surface area contributed by atoms with E-state index >= 15 is 0 Å². The van der Waals surface area contributed by atoms with Crippen LogP contribution in [0.5, 0.6) is 0 Å². The molecule has 1 aromatic carbocycles. The minimum atomic E-state index is -0.343. The molecule has 0 spiro atoms. The number of rotatable bonds is 6. The average Bonchev–Trinajstić information content (AvgIpc) is 3.16. The molecule has 1 saturated carbocycles. The number of hydrogen-bond acceptors (Lipinski definition) is 3. The van der Waals surface area contributed by atoms with Crippen LogP contribution in [-0.4, -0.2) is 29.9 Å². The van der Waals surface area contributed by atoms with Crippen LogP contribution >= 0.6 is 0 Å². The zero-order chi connectivity index (χ0) is 14.5. The van der Waals surface area contributed by atoms with Gasteiger partial charge in [0.2, 0.25) is 5.91 Å². The van der Waals surface area contributed by atoms with Crippen LogP contribution in [0.25, 0.3) is 0 Å². The minimum absolute atomic E-state index is 0.0325. The molecule has 20 heavy (non-hydrogen) atoms. The number of amides is 1. The molecular formula is C16H21NO3. The summed E-state index contributed by atoms with van der Waals surface area (Å²) in [5, 5.41) is 0. The summed E-state index contributed by atoms with van der Waals surface area (Å²) >= 11 is 0. The summed E-state index contributed by atoms with van der Waals surface area (Å²) in [5.41, 5.74) is 1.03. The smallest absolute Gasteiger partial charge is 0.325 e. The molecule has 0 bridgehead atoms. The number of hydrogen-bond donors (Lipinski definition) is 0. The first-order chi connectivity index (χ1) is 9.61. The normalized spacial score (nSPS) is 20.3. The van der Waals surface area contributed by atoms with E-state index in [0.717, 1.165) is 12.0 Å². The standard InChI is InChI=1S/C16H21NO3/c1-3-20-15(18)11-17(16(19)14-9-12(14)2)10-13-7-5-4-6-8-13/h4-8,12,14H,3,9-11H2,1-2H3. The number of nitrogens with zero attached hydrogens (tertiary/aromatic N) is 1. The Balaban J connectivity index is 2.03. The van der Waals surface area contributed by atoms with Crippen LogP contribution in [0.1, 0.15) is 25.8 Å². The SMILES string of the molecule is CCOC(=O)CN(Cc1ccccc1)C(=O)C1CC1C. The third-order valence-electron chi connectivity index (χ3n) is 3.58. The van der Waals surface area contributed by atoms with Crippen molar-refractivity contribution in [1.82, 2.24) is 4.90 Å². The molecule has 108 valence electrons. The molecule has 0 aromatic heterocycles. The Bertz CT molecular complexity index is 472. The Morgan fingerprint density at radius 2 is 1.95 bits per heavy atom. The summed E-state index contributed by atoms with van der Waals surface area (Å²) in [5.74, 6) is 0.232. The molecule has 1 amide bonds. The van der Waals surface area contributed by atoms with E-state index in [4.69, 9.17) is 4.74 Å². The van der Waals surface area contributed by atoms with E-state index in [2.05, 4.69) is 6.92 Å². The first kappa shape index (κ1) is 14.6. The molecule has 1 fully saturated rings. The van der Waals surface area contributed by atoms with Crippen molar-refractivity contribution in [2.24, 2.45) is 11.8 Å². The maximum atomic E-state index is 12.4. The maximum Gasteiger partial charge on any atom is 0.325 e. The third-order valence-corrected chi connectivity index (χ3v) is 3.58. The third kappa shape index (κ3) is 3.83. The number of ether oxygens (including phenoxy) is 1. The molecule has 1 aliphatic carbocycles. The average molecular weight is 275 g/mol. The molecular weight excluding hydrogens is 254 g/mol. The van der Waals surface area contributed by atoms with Crippen molar-refractivity contribution in [1.29, 1.82) is 0 Å². The molecule has 0 radical (unpaired) electrons. The van der Waals surface area contributed by atoms with E-state index in [0.29, 0.717) is 19.1 Å². The van der Waals surface area contributed by atoms with E-state index < -0.39 is 0 Å². The lowest BCUT2D eigenvalue weighted by Crippen LogP contribution is -2.37. The Morgan fingerprint density at radius 3 is 2.50 bits per heavy atom. The molecule has 2 atom stereocenters. The summed E-state index contributed by atoms with van der Waals surface area (Å²) in [6, 6.07) is 9.72. The van der Waals surface area contributed by atoms with Gasteiger partial charge < -0.3 is 9.64 Å². The predicted molar refractivity (Wildman–Crippen MR) is 75.8 cm³/mol. The molecule has 0 heterocycles. The summed E-state index contributed by atoms with van der Waals surface area (Å²) in [6.45, 7) is 4.66. The van der Waals surface area contributed by atoms with Gasteiger partial charge in [-0.2, -0.15) is 0 Å².